The van der Waals surface area contributed by atoms with Gasteiger partial charge in [0.1, 0.15) is 0 Å². The Labute approximate surface area is 103 Å². The van der Waals surface area contributed by atoms with E-state index in [1.54, 1.807) is 0 Å². The zero-order valence-electron chi connectivity index (χ0n) is 11.9. The summed E-state index contributed by atoms with van der Waals surface area (Å²) in [6.07, 6.45) is 0. The Balaban J connectivity index is 2.98. The minimum Gasteiger partial charge on any atom is -0.357 e. The Morgan fingerprint density at radius 1 is 0.941 bits per heavy atom. The maximum absolute atomic E-state index is 4.80. The largest absolute Gasteiger partial charge is 0.357 e. The van der Waals surface area contributed by atoms with Crippen LogP contribution in [0.4, 0.5) is 0 Å². The van der Waals surface area contributed by atoms with Crippen LogP contribution in [0.1, 0.15) is 49.0 Å². The highest BCUT2D eigenvalue weighted by Gasteiger charge is 2.23. The molecule has 0 amide bonds. The molecule has 0 radical (unpaired) electrons. The first-order chi connectivity index (χ1) is 7.73. The van der Waals surface area contributed by atoms with Crippen LogP contribution in [-0.4, -0.2) is 9.97 Å². The van der Waals surface area contributed by atoms with E-state index >= 15 is 0 Å². The van der Waals surface area contributed by atoms with E-state index in [0.29, 0.717) is 0 Å². The van der Waals surface area contributed by atoms with Crippen molar-refractivity contribution < 1.29 is 0 Å². The highest BCUT2D eigenvalue weighted by molar-refractivity contribution is 5.90. The molecule has 2 aromatic rings. The van der Waals surface area contributed by atoms with Gasteiger partial charge in [0.25, 0.3) is 0 Å². The van der Waals surface area contributed by atoms with Crippen LogP contribution in [0.3, 0.4) is 0 Å². The van der Waals surface area contributed by atoms with E-state index in [-0.39, 0.29) is 5.41 Å². The number of hydrogen-bond donors (Lipinski definition) is 1. The number of nitrogens with one attached hydrogen (secondary N) is 1. The molecular weight excluding hydrogens is 208 g/mol. The average molecular weight is 230 g/mol. The predicted molar refractivity (Wildman–Crippen MR) is 73.7 cm³/mol. The monoisotopic (exact) mass is 230 g/mol. The lowest BCUT2D eigenvalue weighted by Gasteiger charge is -2.20. The van der Waals surface area contributed by atoms with Crippen LogP contribution in [0.15, 0.2) is 0 Å². The molecule has 0 aliphatic heterocycles. The minimum absolute atomic E-state index is 0.0699. The molecule has 0 aromatic carbocycles. The fourth-order valence-electron chi connectivity index (χ4n) is 2.40. The second kappa shape index (κ2) is 3.59. The third-order valence-corrected chi connectivity index (χ3v) is 3.64. The number of pyridine rings is 1. The predicted octanol–water partition coefficient (Wildman–Crippen LogP) is 4.09. The summed E-state index contributed by atoms with van der Waals surface area (Å²) in [5.74, 6) is 0. The topological polar surface area (TPSA) is 28.7 Å². The van der Waals surface area contributed by atoms with Crippen molar-refractivity contribution >= 4 is 10.9 Å². The number of fused-ring (bicyclic) bond motifs is 1. The summed E-state index contributed by atoms with van der Waals surface area (Å²) < 4.78 is 0. The van der Waals surface area contributed by atoms with Crippen LogP contribution in [0.5, 0.6) is 0 Å². The highest BCUT2D eigenvalue weighted by Crippen LogP contribution is 2.33. The summed E-state index contributed by atoms with van der Waals surface area (Å²) in [5, 5.41) is 1.36. The minimum atomic E-state index is 0.0699. The highest BCUT2D eigenvalue weighted by atomic mass is 14.8. The van der Waals surface area contributed by atoms with Gasteiger partial charge in [-0.2, -0.15) is 0 Å². The van der Waals surface area contributed by atoms with E-state index in [4.69, 9.17) is 4.98 Å². The first-order valence-corrected chi connectivity index (χ1v) is 6.20. The summed E-state index contributed by atoms with van der Waals surface area (Å²) in [4.78, 5) is 8.30. The molecule has 2 nitrogen and oxygen atoms in total. The number of aromatic amines is 1. The Morgan fingerprint density at radius 3 is 2.06 bits per heavy atom. The van der Waals surface area contributed by atoms with Crippen molar-refractivity contribution in [3.8, 4) is 0 Å². The Morgan fingerprint density at radius 2 is 1.53 bits per heavy atom. The van der Waals surface area contributed by atoms with Crippen LogP contribution < -0.4 is 0 Å². The zero-order valence-corrected chi connectivity index (χ0v) is 11.9. The molecule has 0 bridgehead atoms. The summed E-state index contributed by atoms with van der Waals surface area (Å²) in [5.41, 5.74) is 7.51. The van der Waals surface area contributed by atoms with E-state index in [2.05, 4.69) is 53.5 Å². The van der Waals surface area contributed by atoms with Crippen LogP contribution >= 0.6 is 0 Å². The summed E-state index contributed by atoms with van der Waals surface area (Å²) in [7, 11) is 0. The van der Waals surface area contributed by atoms with E-state index in [1.807, 2.05) is 0 Å². The fraction of sp³-hybridized carbons (Fsp3) is 0.533. The summed E-state index contributed by atoms with van der Waals surface area (Å²) in [6, 6.07) is 0. The van der Waals surface area contributed by atoms with Gasteiger partial charge in [-0.05, 0) is 38.8 Å². The summed E-state index contributed by atoms with van der Waals surface area (Å²) >= 11 is 0. The standard InChI is InChI=1S/C15H22N2/c1-8-10(3)16-13-12(8)9(2)11(4)17-14(13)15(5,6)7/h16H,1-7H3. The molecule has 0 aliphatic carbocycles. The second-order valence-electron chi connectivity index (χ2n) is 6.05. The van der Waals surface area contributed by atoms with Gasteiger partial charge in [-0.25, -0.2) is 0 Å². The molecule has 17 heavy (non-hydrogen) atoms. The molecule has 0 aliphatic rings. The first kappa shape index (κ1) is 12.2. The molecule has 2 rings (SSSR count). The maximum Gasteiger partial charge on any atom is 0.0701 e. The van der Waals surface area contributed by atoms with Crippen molar-refractivity contribution in [1.29, 1.82) is 0 Å². The van der Waals surface area contributed by atoms with E-state index < -0.39 is 0 Å². The van der Waals surface area contributed by atoms with Gasteiger partial charge >= 0.3 is 0 Å². The normalized spacial score (nSPS) is 12.4. The summed E-state index contributed by atoms with van der Waals surface area (Å²) in [6.45, 7) is 15.2. The van der Waals surface area contributed by atoms with Crippen molar-refractivity contribution in [3.63, 3.8) is 0 Å². The Kier molecular flexibility index (Phi) is 2.57. The number of nitrogens with zero attached hydrogens (tertiary/aromatic N) is 1. The Hall–Kier alpha value is -1.31. The number of aryl methyl sites for hydroxylation is 4. The molecular formula is C15H22N2. The lowest BCUT2D eigenvalue weighted by Crippen LogP contribution is -2.15. The van der Waals surface area contributed by atoms with Gasteiger partial charge in [-0.15, -0.1) is 0 Å². The molecule has 0 atom stereocenters. The maximum atomic E-state index is 4.80. The van der Waals surface area contributed by atoms with Crippen molar-refractivity contribution in [2.24, 2.45) is 0 Å². The van der Waals surface area contributed by atoms with Crippen molar-refractivity contribution in [2.75, 3.05) is 0 Å². The Bertz CT molecular complexity index is 583. The van der Waals surface area contributed by atoms with Gasteiger partial charge in [-0.3, -0.25) is 4.98 Å². The first-order valence-electron chi connectivity index (χ1n) is 6.20. The molecule has 0 saturated carbocycles. The van der Waals surface area contributed by atoms with Gasteiger partial charge in [0, 0.05) is 22.2 Å². The van der Waals surface area contributed by atoms with Crippen LogP contribution in [-0.2, 0) is 5.41 Å². The molecule has 0 unspecified atom stereocenters. The van der Waals surface area contributed by atoms with Gasteiger partial charge in [0.2, 0.25) is 0 Å². The molecule has 2 heteroatoms. The SMILES string of the molecule is Cc1nc(C(C)(C)C)c2[nH]c(C)c(C)c2c1C. The second-order valence-corrected chi connectivity index (χ2v) is 6.05. The van der Waals surface area contributed by atoms with Gasteiger partial charge < -0.3 is 4.98 Å². The third-order valence-electron chi connectivity index (χ3n) is 3.64. The fourth-order valence-corrected chi connectivity index (χ4v) is 2.40. The smallest absolute Gasteiger partial charge is 0.0701 e. The number of hydrogen-bond acceptors (Lipinski definition) is 1. The van der Waals surface area contributed by atoms with E-state index in [9.17, 15) is 0 Å². The molecule has 0 fully saturated rings. The van der Waals surface area contributed by atoms with Gasteiger partial charge in [0.05, 0.1) is 11.2 Å². The van der Waals surface area contributed by atoms with Gasteiger partial charge in [0.15, 0.2) is 0 Å². The number of H-pyrrole nitrogens is 1. The lowest BCUT2D eigenvalue weighted by molar-refractivity contribution is 0.572. The molecule has 1 N–H and O–H groups in total. The molecule has 0 saturated heterocycles. The zero-order chi connectivity index (χ0) is 13.0. The molecule has 0 spiro atoms. The number of rotatable bonds is 0. The van der Waals surface area contributed by atoms with Crippen molar-refractivity contribution in [1.82, 2.24) is 9.97 Å². The van der Waals surface area contributed by atoms with Crippen LogP contribution in [0, 0.1) is 27.7 Å². The van der Waals surface area contributed by atoms with E-state index in [1.165, 1.54) is 33.4 Å². The van der Waals surface area contributed by atoms with Crippen molar-refractivity contribution in [2.45, 2.75) is 53.9 Å². The van der Waals surface area contributed by atoms with Crippen molar-refractivity contribution in [3.05, 3.63) is 28.2 Å². The molecule has 92 valence electrons. The quantitative estimate of drug-likeness (QED) is 0.725. The molecule has 2 aromatic heterocycles. The average Bonchev–Trinajstić information content (AvgIpc) is 2.48. The van der Waals surface area contributed by atoms with Gasteiger partial charge in [-0.1, -0.05) is 20.8 Å². The van der Waals surface area contributed by atoms with Crippen LogP contribution in [0.25, 0.3) is 10.9 Å². The van der Waals surface area contributed by atoms with Crippen LogP contribution in [0.2, 0.25) is 0 Å². The third kappa shape index (κ3) is 1.76. The van der Waals surface area contributed by atoms with E-state index in [0.717, 1.165) is 5.69 Å². The number of aromatic nitrogens is 2. The lowest BCUT2D eigenvalue weighted by atomic mass is 9.89. The molecule has 2 heterocycles.